The highest BCUT2D eigenvalue weighted by atomic mass is 16.5. The Kier molecular flexibility index (Phi) is 20.8. The number of carbonyl (C=O) groups excluding carboxylic acids is 7. The van der Waals surface area contributed by atoms with Crippen molar-refractivity contribution < 1.29 is 43.0 Å². The molecule has 4 bridgehead atoms. The Hall–Kier alpha value is -6.30. The first-order chi connectivity index (χ1) is 33.6. The maximum absolute atomic E-state index is 14.9. The molecule has 70 heavy (non-hydrogen) atoms. The van der Waals surface area contributed by atoms with Crippen molar-refractivity contribution in [3.63, 3.8) is 0 Å². The van der Waals surface area contributed by atoms with Crippen molar-refractivity contribution in [1.82, 2.24) is 20.5 Å². The fourth-order valence-corrected chi connectivity index (χ4v) is 8.98. The molecule has 378 valence electrons. The number of nitrogens with two attached hydrogens (primary N) is 3. The number of Topliss-reactive ketones (excluding diaryl/α,β-unsaturated/α-hetero) is 3. The summed E-state index contributed by atoms with van der Waals surface area (Å²) in [6.45, 7) is 8.01. The van der Waals surface area contributed by atoms with Gasteiger partial charge in [0, 0.05) is 80.1 Å². The SMILES string of the molecule is CCCCCCCc1ccc(C(=O)C[C@@H](CCN)C(=O)N(C)[C@@H]2C(=O)C[C@@H](C)C(=O)N[C@H](C(=O)C[C@@H](C)/C=N/N3CC(=O)NC3=O)Cc3ccc(OCCN)c(c3)-c3cc2ccc3OCCN)c(C)c1. The Balaban J connectivity index is 1.52. The molecule has 3 aromatic rings. The number of aryl methyl sites for hydroxylation is 2. The third-order valence-corrected chi connectivity index (χ3v) is 12.8. The molecule has 8 N–H and O–H groups in total. The van der Waals surface area contributed by atoms with Crippen LogP contribution in [0.4, 0.5) is 4.79 Å². The normalized spacial score (nSPS) is 18.2. The minimum absolute atomic E-state index is 0.0604. The van der Waals surface area contributed by atoms with Crippen LogP contribution in [0, 0.1) is 24.7 Å². The molecule has 1 fully saturated rings. The van der Waals surface area contributed by atoms with Gasteiger partial charge in [0.2, 0.25) is 17.7 Å². The van der Waals surface area contributed by atoms with Crippen LogP contribution in [0.2, 0.25) is 0 Å². The van der Waals surface area contributed by atoms with E-state index in [-0.39, 0.29) is 83.1 Å². The highest BCUT2D eigenvalue weighted by Gasteiger charge is 2.36. The summed E-state index contributed by atoms with van der Waals surface area (Å²) >= 11 is 0. The maximum Gasteiger partial charge on any atom is 0.344 e. The summed E-state index contributed by atoms with van der Waals surface area (Å²) in [7, 11) is 1.52. The van der Waals surface area contributed by atoms with E-state index in [0.29, 0.717) is 39.3 Å². The smallest absolute Gasteiger partial charge is 0.344 e. The molecule has 1 saturated heterocycles. The molecular formula is C53H72N8O9. The Morgan fingerprint density at radius 3 is 2.20 bits per heavy atom. The zero-order valence-corrected chi connectivity index (χ0v) is 41.4. The second-order valence-electron chi connectivity index (χ2n) is 18.6. The van der Waals surface area contributed by atoms with Gasteiger partial charge < -0.3 is 36.9 Å². The van der Waals surface area contributed by atoms with E-state index in [1.807, 2.05) is 31.2 Å². The largest absolute Gasteiger partial charge is 0.492 e. The lowest BCUT2D eigenvalue weighted by Gasteiger charge is -2.32. The number of imide groups is 1. The molecule has 5 rings (SSSR count). The highest BCUT2D eigenvalue weighted by molar-refractivity contribution is 6.02. The predicted molar refractivity (Wildman–Crippen MR) is 268 cm³/mol. The molecule has 0 radical (unpaired) electrons. The Bertz CT molecular complexity index is 2390. The van der Waals surface area contributed by atoms with Gasteiger partial charge in [0.25, 0.3) is 0 Å². The van der Waals surface area contributed by atoms with Crippen LogP contribution >= 0.6 is 0 Å². The minimum atomic E-state index is -1.23. The molecule has 2 aliphatic heterocycles. The summed E-state index contributed by atoms with van der Waals surface area (Å²) in [4.78, 5) is 97.0. The van der Waals surface area contributed by atoms with Gasteiger partial charge in [-0.1, -0.05) is 76.8 Å². The number of amides is 5. The first-order valence-corrected chi connectivity index (χ1v) is 24.6. The Labute approximate surface area is 411 Å². The molecule has 0 spiro atoms. The zero-order valence-electron chi connectivity index (χ0n) is 41.4. The van der Waals surface area contributed by atoms with Crippen LogP contribution in [0.1, 0.15) is 117 Å². The molecule has 2 aliphatic rings. The van der Waals surface area contributed by atoms with Crippen LogP contribution in [-0.2, 0) is 36.8 Å². The molecule has 17 heteroatoms. The molecule has 0 aromatic heterocycles. The number of nitrogens with one attached hydrogen (secondary N) is 2. The molecular weight excluding hydrogens is 893 g/mol. The molecule has 5 amide bonds. The van der Waals surface area contributed by atoms with Gasteiger partial charge in [0.1, 0.15) is 37.3 Å². The molecule has 0 saturated carbocycles. The average Bonchev–Trinajstić information content (AvgIpc) is 3.66. The lowest BCUT2D eigenvalue weighted by molar-refractivity contribution is -0.142. The van der Waals surface area contributed by atoms with Crippen molar-refractivity contribution in [2.24, 2.45) is 40.1 Å². The van der Waals surface area contributed by atoms with Gasteiger partial charge >= 0.3 is 6.03 Å². The van der Waals surface area contributed by atoms with E-state index >= 15 is 0 Å². The first-order valence-electron chi connectivity index (χ1n) is 24.6. The van der Waals surface area contributed by atoms with Gasteiger partial charge in [0.05, 0.1) is 6.04 Å². The lowest BCUT2D eigenvalue weighted by Crippen LogP contribution is -2.46. The lowest BCUT2D eigenvalue weighted by atomic mass is 9.87. The maximum atomic E-state index is 14.9. The molecule has 2 heterocycles. The fourth-order valence-electron chi connectivity index (χ4n) is 8.98. The number of hydrazone groups is 1. The number of urea groups is 1. The number of hydrogen-bond acceptors (Lipinski definition) is 13. The number of likely N-dealkylation sites (N-methyl/N-ethyl adjacent to an activating group) is 1. The quantitative estimate of drug-likeness (QED) is 0.0329. The first kappa shape index (κ1) is 54.6. The number of unbranched alkanes of at least 4 members (excludes halogenated alkanes) is 4. The number of fused-ring (bicyclic) bond motifs is 5. The van der Waals surface area contributed by atoms with Gasteiger partial charge in [-0.25, -0.2) is 9.80 Å². The highest BCUT2D eigenvalue weighted by Crippen LogP contribution is 2.41. The number of benzene rings is 3. The third-order valence-electron chi connectivity index (χ3n) is 12.8. The van der Waals surface area contributed by atoms with E-state index in [4.69, 9.17) is 26.7 Å². The number of rotatable bonds is 24. The van der Waals surface area contributed by atoms with Crippen LogP contribution < -0.4 is 37.3 Å². The van der Waals surface area contributed by atoms with Gasteiger partial charge in [-0.3, -0.25) is 34.1 Å². The second-order valence-corrected chi connectivity index (χ2v) is 18.6. The van der Waals surface area contributed by atoms with Gasteiger partial charge in [-0.15, -0.1) is 0 Å². The van der Waals surface area contributed by atoms with Crippen LogP contribution in [-0.4, -0.2) is 110 Å². The average molecular weight is 965 g/mol. The van der Waals surface area contributed by atoms with Crippen molar-refractivity contribution >= 4 is 47.3 Å². The number of carbonyl (C=O) groups is 7. The second kappa shape index (κ2) is 26.6. The van der Waals surface area contributed by atoms with Crippen molar-refractivity contribution in [3.05, 3.63) is 82.4 Å². The topological polar surface area (TPSA) is 259 Å². The van der Waals surface area contributed by atoms with E-state index in [9.17, 15) is 33.6 Å². The van der Waals surface area contributed by atoms with Gasteiger partial charge in [-0.05, 0) is 85.7 Å². The fraction of sp³-hybridized carbons (Fsp3) is 0.509. The van der Waals surface area contributed by atoms with Crippen LogP contribution in [0.25, 0.3) is 11.1 Å². The van der Waals surface area contributed by atoms with Crippen LogP contribution in [0.5, 0.6) is 11.5 Å². The summed E-state index contributed by atoms with van der Waals surface area (Å²) in [6, 6.07) is 13.4. The van der Waals surface area contributed by atoms with Crippen LogP contribution in [0.15, 0.2) is 59.7 Å². The summed E-state index contributed by atoms with van der Waals surface area (Å²) in [5.41, 5.74) is 22.5. The van der Waals surface area contributed by atoms with Crippen molar-refractivity contribution in [1.29, 1.82) is 0 Å². The number of hydrogen-bond donors (Lipinski definition) is 5. The number of ether oxygens (including phenoxy) is 2. The monoisotopic (exact) mass is 965 g/mol. The predicted octanol–water partition coefficient (Wildman–Crippen LogP) is 5.36. The molecule has 17 nitrogen and oxygen atoms in total. The Morgan fingerprint density at radius 1 is 0.871 bits per heavy atom. The van der Waals surface area contributed by atoms with E-state index in [1.165, 1.54) is 37.4 Å². The van der Waals surface area contributed by atoms with Gasteiger partial charge in [-0.2, -0.15) is 5.10 Å². The molecule has 0 unspecified atom stereocenters. The summed E-state index contributed by atoms with van der Waals surface area (Å²) in [5, 5.41) is 10.1. The van der Waals surface area contributed by atoms with Crippen LogP contribution in [0.3, 0.4) is 0 Å². The summed E-state index contributed by atoms with van der Waals surface area (Å²) < 4.78 is 12.3. The Morgan fingerprint density at radius 2 is 1.56 bits per heavy atom. The van der Waals surface area contributed by atoms with E-state index in [0.717, 1.165) is 35.4 Å². The van der Waals surface area contributed by atoms with E-state index in [2.05, 4.69) is 22.7 Å². The van der Waals surface area contributed by atoms with E-state index in [1.54, 1.807) is 44.2 Å². The van der Waals surface area contributed by atoms with E-state index < -0.39 is 59.4 Å². The molecule has 5 atom stereocenters. The van der Waals surface area contributed by atoms with Gasteiger partial charge in [0.15, 0.2) is 17.3 Å². The van der Waals surface area contributed by atoms with Crippen molar-refractivity contribution in [2.75, 3.05) is 46.4 Å². The number of ketones is 3. The minimum Gasteiger partial charge on any atom is -0.492 e. The third kappa shape index (κ3) is 14.9. The van der Waals surface area contributed by atoms with Crippen molar-refractivity contribution in [2.45, 2.75) is 110 Å². The summed E-state index contributed by atoms with van der Waals surface area (Å²) in [6.07, 6.45) is 7.86. The summed E-state index contributed by atoms with van der Waals surface area (Å²) in [5.74, 6) is -3.98. The zero-order chi connectivity index (χ0) is 50.9. The standard InChI is InChI=1S/C53H72N8O9/c1-6-7-8-9-10-11-36-12-15-40(34(3)25-36)44(62)30-39(18-19-54)52(67)60(5)50-38-14-17-48(70-23-21-56)42(29-38)41-27-37(13-16-47(41)69-22-20-55)28-43(58-51(66)35(4)26-46(50)64)45(63)24-33(2)31-57-61-32-49(65)59-53(61)68/h12-17,25,27,29,31,33,35,39,43,50H,6-11,18-24,26,28,30,32,54-56H2,1-5H3,(H,58,66)(H,59,65,68)/b57-31+/t33-,35-,39-,43+,50+/m1/s1. The number of nitrogens with zero attached hydrogens (tertiary/aromatic N) is 3. The molecule has 3 aromatic carbocycles. The van der Waals surface area contributed by atoms with Crippen molar-refractivity contribution in [3.8, 4) is 22.6 Å². The molecule has 0 aliphatic carbocycles.